The Kier molecular flexibility index (Phi) is 4.12. The van der Waals surface area contributed by atoms with Crippen LogP contribution in [-0.2, 0) is 0 Å². The third-order valence-corrected chi connectivity index (χ3v) is 3.46. The zero-order chi connectivity index (χ0) is 13.8. The van der Waals surface area contributed by atoms with Crippen LogP contribution in [0.4, 0.5) is 0 Å². The van der Waals surface area contributed by atoms with E-state index < -0.39 is 6.04 Å². The van der Waals surface area contributed by atoms with Gasteiger partial charge in [0.05, 0.1) is 17.9 Å². The second kappa shape index (κ2) is 5.80. The zero-order valence-electron chi connectivity index (χ0n) is 11.3. The molecule has 2 aromatic rings. The van der Waals surface area contributed by atoms with Crippen LogP contribution in [0.25, 0.3) is 5.69 Å². The van der Waals surface area contributed by atoms with Crippen molar-refractivity contribution in [2.75, 3.05) is 0 Å². The van der Waals surface area contributed by atoms with E-state index in [1.165, 1.54) is 0 Å². The van der Waals surface area contributed by atoms with E-state index >= 15 is 0 Å². The fraction of sp³-hybridized carbons (Fsp3) is 0.333. The molecule has 0 aliphatic carbocycles. The van der Waals surface area contributed by atoms with Crippen molar-refractivity contribution in [1.29, 1.82) is 0 Å². The van der Waals surface area contributed by atoms with Gasteiger partial charge in [0.25, 0.3) is 0 Å². The minimum Gasteiger partial charge on any atom is -0.321 e. The Balaban J connectivity index is 2.33. The van der Waals surface area contributed by atoms with Gasteiger partial charge in [0.2, 0.25) is 0 Å². The monoisotopic (exact) mass is 257 g/mol. The topological polar surface area (TPSA) is 60.9 Å². The van der Waals surface area contributed by atoms with Crippen LogP contribution >= 0.6 is 0 Å². The Hall–Kier alpha value is -1.94. The summed E-state index contributed by atoms with van der Waals surface area (Å²) in [6.07, 6.45) is 2.51. The third-order valence-electron chi connectivity index (χ3n) is 3.46. The highest BCUT2D eigenvalue weighted by molar-refractivity contribution is 5.99. The van der Waals surface area contributed by atoms with E-state index in [-0.39, 0.29) is 11.7 Å². The van der Waals surface area contributed by atoms with Crippen molar-refractivity contribution in [1.82, 2.24) is 9.78 Å². The average Bonchev–Trinajstić information content (AvgIpc) is 2.95. The van der Waals surface area contributed by atoms with E-state index in [4.69, 9.17) is 5.73 Å². The SMILES string of the molecule is CCC(C)C(N)C(=O)c1ccnn1-c1ccccc1. The maximum absolute atomic E-state index is 12.4. The van der Waals surface area contributed by atoms with Crippen LogP contribution in [0.1, 0.15) is 30.8 Å². The highest BCUT2D eigenvalue weighted by Gasteiger charge is 2.24. The van der Waals surface area contributed by atoms with E-state index in [9.17, 15) is 4.79 Å². The van der Waals surface area contributed by atoms with Gasteiger partial charge in [0.15, 0.2) is 5.78 Å². The number of hydrogen-bond acceptors (Lipinski definition) is 3. The molecule has 0 aliphatic rings. The second-order valence-electron chi connectivity index (χ2n) is 4.74. The molecule has 2 rings (SSSR count). The van der Waals surface area contributed by atoms with Crippen LogP contribution in [0.2, 0.25) is 0 Å². The van der Waals surface area contributed by atoms with Gasteiger partial charge >= 0.3 is 0 Å². The molecule has 4 heteroatoms. The number of Topliss-reactive ketones (excluding diaryl/α,β-unsaturated/α-hetero) is 1. The molecule has 100 valence electrons. The van der Waals surface area contributed by atoms with E-state index in [1.54, 1.807) is 16.9 Å². The van der Waals surface area contributed by atoms with Crippen molar-refractivity contribution < 1.29 is 4.79 Å². The van der Waals surface area contributed by atoms with E-state index in [2.05, 4.69) is 5.10 Å². The Morgan fingerprint density at radius 3 is 2.63 bits per heavy atom. The molecule has 1 heterocycles. The summed E-state index contributed by atoms with van der Waals surface area (Å²) >= 11 is 0. The summed E-state index contributed by atoms with van der Waals surface area (Å²) in [5.74, 6) is 0.0994. The van der Waals surface area contributed by atoms with Crippen molar-refractivity contribution in [2.24, 2.45) is 11.7 Å². The summed E-state index contributed by atoms with van der Waals surface area (Å²) in [4.78, 5) is 12.4. The first-order chi connectivity index (χ1) is 9.15. The molecule has 0 saturated heterocycles. The molecule has 0 radical (unpaired) electrons. The summed E-state index contributed by atoms with van der Waals surface area (Å²) in [6.45, 7) is 4.03. The smallest absolute Gasteiger partial charge is 0.198 e. The molecule has 0 bridgehead atoms. The molecule has 1 aromatic carbocycles. The number of hydrogen-bond donors (Lipinski definition) is 1. The molecule has 4 nitrogen and oxygen atoms in total. The predicted octanol–water partition coefficient (Wildman–Crippen LogP) is 2.43. The van der Waals surface area contributed by atoms with Crippen LogP contribution in [0.5, 0.6) is 0 Å². The zero-order valence-corrected chi connectivity index (χ0v) is 11.3. The first-order valence-corrected chi connectivity index (χ1v) is 6.54. The van der Waals surface area contributed by atoms with E-state index in [1.807, 2.05) is 44.2 Å². The van der Waals surface area contributed by atoms with Crippen LogP contribution < -0.4 is 5.73 Å². The number of carbonyl (C=O) groups is 1. The lowest BCUT2D eigenvalue weighted by atomic mass is 9.95. The van der Waals surface area contributed by atoms with E-state index in [0.717, 1.165) is 12.1 Å². The minimum atomic E-state index is -0.482. The Morgan fingerprint density at radius 1 is 1.32 bits per heavy atom. The number of ketones is 1. The fourth-order valence-corrected chi connectivity index (χ4v) is 1.95. The average molecular weight is 257 g/mol. The van der Waals surface area contributed by atoms with Crippen LogP contribution in [0.15, 0.2) is 42.6 Å². The van der Waals surface area contributed by atoms with Gasteiger partial charge in [0.1, 0.15) is 5.69 Å². The van der Waals surface area contributed by atoms with Crippen LogP contribution in [0.3, 0.4) is 0 Å². The van der Waals surface area contributed by atoms with Gasteiger partial charge in [-0.25, -0.2) is 4.68 Å². The largest absolute Gasteiger partial charge is 0.321 e. The number of nitrogens with two attached hydrogens (primary N) is 1. The molecule has 0 amide bonds. The molecule has 0 aliphatic heterocycles. The Labute approximate surface area is 113 Å². The molecular weight excluding hydrogens is 238 g/mol. The Morgan fingerprint density at radius 2 is 2.00 bits per heavy atom. The summed E-state index contributed by atoms with van der Waals surface area (Å²) in [6, 6.07) is 10.8. The van der Waals surface area contributed by atoms with Crippen LogP contribution in [0, 0.1) is 5.92 Å². The maximum atomic E-state index is 12.4. The standard InChI is InChI=1S/C15H19N3O/c1-3-11(2)14(16)15(19)13-9-10-17-18(13)12-7-5-4-6-8-12/h4-11,14H,3,16H2,1-2H3. The minimum absolute atomic E-state index is 0.0595. The molecule has 2 atom stereocenters. The number of para-hydroxylation sites is 1. The predicted molar refractivity (Wildman–Crippen MR) is 75.3 cm³/mol. The lowest BCUT2D eigenvalue weighted by Crippen LogP contribution is -2.37. The lowest BCUT2D eigenvalue weighted by Gasteiger charge is -2.17. The van der Waals surface area contributed by atoms with Crippen LogP contribution in [-0.4, -0.2) is 21.6 Å². The summed E-state index contributed by atoms with van der Waals surface area (Å²) in [5, 5.41) is 4.22. The highest BCUT2D eigenvalue weighted by atomic mass is 16.1. The Bertz CT molecular complexity index is 548. The van der Waals surface area contributed by atoms with Gasteiger partial charge in [-0.05, 0) is 24.1 Å². The highest BCUT2D eigenvalue weighted by Crippen LogP contribution is 2.15. The third kappa shape index (κ3) is 2.74. The van der Waals surface area contributed by atoms with Gasteiger partial charge in [-0.3, -0.25) is 4.79 Å². The van der Waals surface area contributed by atoms with Gasteiger partial charge in [-0.15, -0.1) is 0 Å². The van der Waals surface area contributed by atoms with Crippen molar-refractivity contribution in [3.05, 3.63) is 48.3 Å². The molecule has 19 heavy (non-hydrogen) atoms. The summed E-state index contributed by atoms with van der Waals surface area (Å²) < 4.78 is 1.64. The number of aromatic nitrogens is 2. The van der Waals surface area contributed by atoms with Gasteiger partial charge in [-0.1, -0.05) is 38.5 Å². The second-order valence-corrected chi connectivity index (χ2v) is 4.74. The van der Waals surface area contributed by atoms with Crippen molar-refractivity contribution >= 4 is 5.78 Å². The van der Waals surface area contributed by atoms with Crippen molar-refractivity contribution in [3.63, 3.8) is 0 Å². The quantitative estimate of drug-likeness (QED) is 0.837. The number of benzene rings is 1. The number of rotatable bonds is 5. The molecule has 2 N–H and O–H groups in total. The molecular formula is C15H19N3O. The van der Waals surface area contributed by atoms with Gasteiger partial charge in [0, 0.05) is 0 Å². The lowest BCUT2D eigenvalue weighted by molar-refractivity contribution is 0.0927. The molecule has 2 unspecified atom stereocenters. The molecule has 0 saturated carbocycles. The van der Waals surface area contributed by atoms with Crippen molar-refractivity contribution in [2.45, 2.75) is 26.3 Å². The van der Waals surface area contributed by atoms with Gasteiger partial charge in [-0.2, -0.15) is 5.10 Å². The van der Waals surface area contributed by atoms with E-state index in [0.29, 0.717) is 5.69 Å². The molecule has 0 spiro atoms. The number of nitrogens with zero attached hydrogens (tertiary/aromatic N) is 2. The first kappa shape index (κ1) is 13.5. The first-order valence-electron chi connectivity index (χ1n) is 6.54. The molecule has 1 aromatic heterocycles. The summed E-state index contributed by atoms with van der Waals surface area (Å²) in [7, 11) is 0. The van der Waals surface area contributed by atoms with Gasteiger partial charge < -0.3 is 5.73 Å². The maximum Gasteiger partial charge on any atom is 0.198 e. The molecule has 0 fully saturated rings. The number of carbonyl (C=O) groups excluding carboxylic acids is 1. The fourth-order valence-electron chi connectivity index (χ4n) is 1.95. The normalized spacial score (nSPS) is 14.1. The summed E-state index contributed by atoms with van der Waals surface area (Å²) in [5.41, 5.74) is 7.43. The van der Waals surface area contributed by atoms with Crippen molar-refractivity contribution in [3.8, 4) is 5.69 Å².